The van der Waals surface area contributed by atoms with Crippen LogP contribution in [-0.4, -0.2) is 62.9 Å². The van der Waals surface area contributed by atoms with Gasteiger partial charge in [-0.05, 0) is 57.8 Å². The van der Waals surface area contributed by atoms with Crippen molar-refractivity contribution in [2.24, 2.45) is 0 Å². The lowest BCUT2D eigenvalue weighted by Gasteiger charge is -2.40. The first kappa shape index (κ1) is 21.7. The Balaban J connectivity index is 1.40. The van der Waals surface area contributed by atoms with Crippen LogP contribution in [0.2, 0.25) is 0 Å². The van der Waals surface area contributed by atoms with Crippen molar-refractivity contribution in [1.29, 1.82) is 0 Å². The van der Waals surface area contributed by atoms with Crippen molar-refractivity contribution >= 4 is 5.91 Å². The van der Waals surface area contributed by atoms with Crippen LogP contribution in [0.3, 0.4) is 0 Å². The number of nitrogens with zero attached hydrogens (tertiary/aromatic N) is 5. The van der Waals surface area contributed by atoms with E-state index in [0.717, 1.165) is 37.1 Å². The number of likely N-dealkylation sites (tertiary alicyclic amines) is 2. The molecule has 1 aromatic carbocycles. The van der Waals surface area contributed by atoms with Crippen LogP contribution in [0, 0.1) is 6.92 Å². The van der Waals surface area contributed by atoms with Crippen molar-refractivity contribution in [2.75, 3.05) is 26.2 Å². The smallest absolute Gasteiger partial charge is 0.257 e. The van der Waals surface area contributed by atoms with Crippen LogP contribution >= 0.6 is 0 Å². The molecular weight excluding hydrogens is 410 g/mol. The van der Waals surface area contributed by atoms with Crippen LogP contribution in [0.1, 0.15) is 48.0 Å². The molecule has 2 fully saturated rings. The van der Waals surface area contributed by atoms with Gasteiger partial charge in [0.1, 0.15) is 0 Å². The first-order chi connectivity index (χ1) is 16.2. The van der Waals surface area contributed by atoms with Gasteiger partial charge in [0.25, 0.3) is 5.91 Å². The summed E-state index contributed by atoms with van der Waals surface area (Å²) < 4.78 is 0. The number of piperidine rings is 2. The minimum atomic E-state index is 0.0226. The second-order valence-corrected chi connectivity index (χ2v) is 9.18. The van der Waals surface area contributed by atoms with Gasteiger partial charge >= 0.3 is 0 Å². The van der Waals surface area contributed by atoms with Gasteiger partial charge in [0.2, 0.25) is 0 Å². The molecule has 0 bridgehead atoms. The normalized spacial score (nSPS) is 17.8. The molecule has 6 nitrogen and oxygen atoms in total. The fraction of sp³-hybridized carbons (Fsp3) is 0.407. The third-order valence-corrected chi connectivity index (χ3v) is 6.94. The molecule has 170 valence electrons. The average Bonchev–Trinajstić information content (AvgIpc) is 2.89. The maximum atomic E-state index is 13.6. The van der Waals surface area contributed by atoms with Crippen LogP contribution < -0.4 is 0 Å². The summed E-state index contributed by atoms with van der Waals surface area (Å²) in [6.07, 6.45) is 11.2. The molecule has 0 radical (unpaired) electrons. The summed E-state index contributed by atoms with van der Waals surface area (Å²) in [6, 6.07) is 12.6. The van der Waals surface area contributed by atoms with Crippen LogP contribution in [0.4, 0.5) is 0 Å². The molecule has 0 spiro atoms. The molecule has 2 aromatic heterocycles. The van der Waals surface area contributed by atoms with E-state index in [9.17, 15) is 4.79 Å². The quantitative estimate of drug-likeness (QED) is 0.592. The SMILES string of the molecule is Cc1ccc(-c2ncc(C(=O)N3CCC(N4CCCCC4)CC3)c(-c3ccncc3)n2)cc1. The third-order valence-electron chi connectivity index (χ3n) is 6.94. The summed E-state index contributed by atoms with van der Waals surface area (Å²) >= 11 is 0. The largest absolute Gasteiger partial charge is 0.338 e. The molecule has 2 aliphatic rings. The summed E-state index contributed by atoms with van der Waals surface area (Å²) in [5, 5.41) is 0. The Kier molecular flexibility index (Phi) is 6.44. The lowest BCUT2D eigenvalue weighted by molar-refractivity contribution is 0.0590. The third kappa shape index (κ3) is 4.81. The number of aryl methyl sites for hydroxylation is 1. The van der Waals surface area contributed by atoms with Gasteiger partial charge in [0.15, 0.2) is 5.82 Å². The molecule has 2 aliphatic heterocycles. The van der Waals surface area contributed by atoms with Crippen LogP contribution in [0.5, 0.6) is 0 Å². The number of carbonyl (C=O) groups is 1. The van der Waals surface area contributed by atoms with Crippen molar-refractivity contribution in [3.05, 3.63) is 66.1 Å². The molecule has 2 saturated heterocycles. The summed E-state index contributed by atoms with van der Waals surface area (Å²) in [5.41, 5.74) is 4.25. The Morgan fingerprint density at radius 1 is 0.879 bits per heavy atom. The van der Waals surface area contributed by atoms with E-state index in [1.165, 1.54) is 37.9 Å². The maximum absolute atomic E-state index is 13.6. The van der Waals surface area contributed by atoms with Gasteiger partial charge in [-0.25, -0.2) is 9.97 Å². The fourth-order valence-electron chi connectivity index (χ4n) is 5.00. The van der Waals surface area contributed by atoms with Crippen molar-refractivity contribution in [3.8, 4) is 22.6 Å². The van der Waals surface area contributed by atoms with Crippen LogP contribution in [0.15, 0.2) is 55.0 Å². The molecular formula is C27H31N5O. The Labute approximate surface area is 195 Å². The predicted octanol–water partition coefficient (Wildman–Crippen LogP) is 4.60. The molecule has 4 heterocycles. The van der Waals surface area contributed by atoms with Gasteiger partial charge in [0.05, 0.1) is 11.3 Å². The highest BCUT2D eigenvalue weighted by atomic mass is 16.2. The fourth-order valence-corrected chi connectivity index (χ4v) is 5.00. The number of pyridine rings is 1. The maximum Gasteiger partial charge on any atom is 0.257 e. The molecule has 6 heteroatoms. The molecule has 5 rings (SSSR count). The number of amides is 1. The zero-order chi connectivity index (χ0) is 22.6. The van der Waals surface area contributed by atoms with Crippen molar-refractivity contribution in [1.82, 2.24) is 24.8 Å². The Morgan fingerprint density at radius 2 is 1.58 bits per heavy atom. The van der Waals surface area contributed by atoms with Gasteiger partial charge in [-0.1, -0.05) is 36.2 Å². The first-order valence-electron chi connectivity index (χ1n) is 12.1. The highest BCUT2D eigenvalue weighted by molar-refractivity contribution is 6.00. The van der Waals surface area contributed by atoms with Crippen LogP contribution in [0.25, 0.3) is 22.6 Å². The Morgan fingerprint density at radius 3 is 2.27 bits per heavy atom. The van der Waals surface area contributed by atoms with E-state index in [-0.39, 0.29) is 5.91 Å². The topological polar surface area (TPSA) is 62.2 Å². The number of hydrogen-bond donors (Lipinski definition) is 0. The van der Waals surface area contributed by atoms with Gasteiger partial charge < -0.3 is 9.80 Å². The number of carbonyl (C=O) groups excluding carboxylic acids is 1. The van der Waals surface area contributed by atoms with E-state index in [1.807, 2.05) is 29.2 Å². The number of aromatic nitrogens is 3. The van der Waals surface area contributed by atoms with E-state index in [1.54, 1.807) is 18.6 Å². The summed E-state index contributed by atoms with van der Waals surface area (Å²) in [5.74, 6) is 0.650. The Bertz CT molecular complexity index is 1090. The summed E-state index contributed by atoms with van der Waals surface area (Å²) in [7, 11) is 0. The van der Waals surface area contributed by atoms with Gasteiger partial charge in [-0.2, -0.15) is 0 Å². The van der Waals surface area contributed by atoms with Gasteiger partial charge in [-0.3, -0.25) is 9.78 Å². The van der Waals surface area contributed by atoms with E-state index >= 15 is 0 Å². The van der Waals surface area contributed by atoms with Crippen LogP contribution in [-0.2, 0) is 0 Å². The standard InChI is InChI=1S/C27H31N5O/c1-20-5-7-22(8-6-20)26-29-19-24(25(30-26)21-9-13-28-14-10-21)27(33)32-17-11-23(12-18-32)31-15-3-2-4-16-31/h5-10,13-14,19,23H,2-4,11-12,15-18H2,1H3. The average molecular weight is 442 g/mol. The Hall–Kier alpha value is -3.12. The van der Waals surface area contributed by atoms with Crippen molar-refractivity contribution in [3.63, 3.8) is 0 Å². The monoisotopic (exact) mass is 441 g/mol. The number of hydrogen-bond acceptors (Lipinski definition) is 5. The summed E-state index contributed by atoms with van der Waals surface area (Å²) in [6.45, 7) is 6.05. The molecule has 0 atom stereocenters. The van der Waals surface area contributed by atoms with E-state index < -0.39 is 0 Å². The molecule has 3 aromatic rings. The minimum absolute atomic E-state index is 0.0226. The first-order valence-corrected chi connectivity index (χ1v) is 12.1. The van der Waals surface area contributed by atoms with E-state index in [0.29, 0.717) is 23.1 Å². The molecule has 33 heavy (non-hydrogen) atoms. The van der Waals surface area contributed by atoms with E-state index in [4.69, 9.17) is 4.98 Å². The highest BCUT2D eigenvalue weighted by Crippen LogP contribution is 2.27. The summed E-state index contributed by atoms with van der Waals surface area (Å²) in [4.78, 5) is 31.8. The second-order valence-electron chi connectivity index (χ2n) is 9.18. The molecule has 0 N–H and O–H groups in total. The molecule has 0 unspecified atom stereocenters. The van der Waals surface area contributed by atoms with Gasteiger partial charge in [0, 0.05) is 48.8 Å². The number of rotatable bonds is 4. The minimum Gasteiger partial charge on any atom is -0.338 e. The van der Waals surface area contributed by atoms with Gasteiger partial charge in [-0.15, -0.1) is 0 Å². The van der Waals surface area contributed by atoms with E-state index in [2.05, 4.69) is 33.9 Å². The molecule has 1 amide bonds. The van der Waals surface area contributed by atoms with Crippen molar-refractivity contribution in [2.45, 2.75) is 45.1 Å². The van der Waals surface area contributed by atoms with Crippen molar-refractivity contribution < 1.29 is 4.79 Å². The lowest BCUT2D eigenvalue weighted by Crippen LogP contribution is -2.48. The molecule has 0 aliphatic carbocycles. The molecule has 0 saturated carbocycles. The second kappa shape index (κ2) is 9.79. The zero-order valence-electron chi connectivity index (χ0n) is 19.3. The number of benzene rings is 1. The predicted molar refractivity (Wildman–Crippen MR) is 130 cm³/mol. The zero-order valence-corrected chi connectivity index (χ0v) is 19.3. The lowest BCUT2D eigenvalue weighted by atomic mass is 9.99. The highest BCUT2D eigenvalue weighted by Gasteiger charge is 2.29.